The first-order valence-electron chi connectivity index (χ1n) is 7.69. The molecule has 0 amide bonds. The molecule has 0 heterocycles. The summed E-state index contributed by atoms with van der Waals surface area (Å²) in [5.41, 5.74) is -0.267. The second-order valence-corrected chi connectivity index (χ2v) is 5.63. The molecule has 0 aromatic carbocycles. The fourth-order valence-corrected chi connectivity index (χ4v) is 2.32. The van der Waals surface area contributed by atoms with E-state index in [0.29, 0.717) is 0 Å². The Morgan fingerprint density at radius 3 is 1.89 bits per heavy atom. The maximum atomic E-state index is 11.7. The molecular formula is C16H32O2. The number of methoxy groups -OCH3 is 1. The lowest BCUT2D eigenvalue weighted by molar-refractivity contribution is -0.152. The minimum absolute atomic E-state index is 0.0482. The van der Waals surface area contributed by atoms with E-state index in [1.807, 2.05) is 6.92 Å². The molecule has 2 heteroatoms. The second kappa shape index (κ2) is 10.4. The molecule has 0 N–H and O–H groups in total. The van der Waals surface area contributed by atoms with Crippen LogP contribution < -0.4 is 0 Å². The van der Waals surface area contributed by atoms with Crippen molar-refractivity contribution >= 4 is 5.97 Å². The van der Waals surface area contributed by atoms with Gasteiger partial charge in [0.25, 0.3) is 0 Å². The van der Waals surface area contributed by atoms with Gasteiger partial charge in [-0.25, -0.2) is 0 Å². The van der Waals surface area contributed by atoms with Crippen molar-refractivity contribution in [3.05, 3.63) is 0 Å². The standard InChI is InChI=1S/C16H32O2/c1-5-7-8-9-10-11-12-13-14-16(3,6-2)15(17)18-4/h5-14H2,1-4H3. The van der Waals surface area contributed by atoms with Crippen LogP contribution in [0, 0.1) is 5.41 Å². The summed E-state index contributed by atoms with van der Waals surface area (Å²) < 4.78 is 4.89. The van der Waals surface area contributed by atoms with Crippen molar-refractivity contribution in [1.29, 1.82) is 0 Å². The van der Waals surface area contributed by atoms with Gasteiger partial charge in [-0.05, 0) is 19.8 Å². The van der Waals surface area contributed by atoms with Gasteiger partial charge in [0.05, 0.1) is 12.5 Å². The lowest BCUT2D eigenvalue weighted by atomic mass is 9.82. The number of unbranched alkanes of at least 4 members (excludes halogenated alkanes) is 7. The Balaban J connectivity index is 3.60. The lowest BCUT2D eigenvalue weighted by Crippen LogP contribution is -2.28. The fraction of sp³-hybridized carbons (Fsp3) is 0.938. The molecule has 0 fully saturated rings. The summed E-state index contributed by atoms with van der Waals surface area (Å²) in [7, 11) is 1.49. The zero-order chi connectivity index (χ0) is 13.9. The van der Waals surface area contributed by atoms with Crippen LogP contribution in [0.1, 0.15) is 85.0 Å². The Morgan fingerprint density at radius 2 is 1.44 bits per heavy atom. The number of hydrogen-bond acceptors (Lipinski definition) is 2. The van der Waals surface area contributed by atoms with E-state index in [-0.39, 0.29) is 11.4 Å². The largest absolute Gasteiger partial charge is 0.469 e. The summed E-state index contributed by atoms with van der Waals surface area (Å²) in [4.78, 5) is 11.7. The summed E-state index contributed by atoms with van der Waals surface area (Å²) in [6.07, 6.45) is 12.3. The third-order valence-corrected chi connectivity index (χ3v) is 4.04. The van der Waals surface area contributed by atoms with Gasteiger partial charge in [0.1, 0.15) is 0 Å². The number of rotatable bonds is 11. The third-order valence-electron chi connectivity index (χ3n) is 4.04. The van der Waals surface area contributed by atoms with E-state index >= 15 is 0 Å². The van der Waals surface area contributed by atoms with Crippen LogP contribution in [0.25, 0.3) is 0 Å². The molecule has 0 aliphatic carbocycles. The zero-order valence-electron chi connectivity index (χ0n) is 12.9. The first kappa shape index (κ1) is 17.5. The van der Waals surface area contributed by atoms with E-state index in [9.17, 15) is 4.79 Å². The van der Waals surface area contributed by atoms with Crippen LogP contribution in [0.15, 0.2) is 0 Å². The molecule has 0 saturated heterocycles. The molecule has 0 aliphatic rings. The smallest absolute Gasteiger partial charge is 0.311 e. The van der Waals surface area contributed by atoms with E-state index in [4.69, 9.17) is 4.74 Å². The van der Waals surface area contributed by atoms with E-state index < -0.39 is 0 Å². The topological polar surface area (TPSA) is 26.3 Å². The second-order valence-electron chi connectivity index (χ2n) is 5.63. The normalized spacial score (nSPS) is 14.2. The molecule has 18 heavy (non-hydrogen) atoms. The van der Waals surface area contributed by atoms with E-state index in [1.165, 1.54) is 52.1 Å². The molecule has 2 nitrogen and oxygen atoms in total. The molecule has 0 rings (SSSR count). The van der Waals surface area contributed by atoms with Crippen LogP contribution in [0.5, 0.6) is 0 Å². The predicted molar refractivity (Wildman–Crippen MR) is 77.6 cm³/mol. The van der Waals surface area contributed by atoms with Crippen LogP contribution in [-0.2, 0) is 9.53 Å². The van der Waals surface area contributed by atoms with Crippen LogP contribution in [0.4, 0.5) is 0 Å². The zero-order valence-corrected chi connectivity index (χ0v) is 12.9. The van der Waals surface area contributed by atoms with Gasteiger partial charge in [-0.3, -0.25) is 4.79 Å². The molecular weight excluding hydrogens is 224 g/mol. The Labute approximate surface area is 113 Å². The number of carbonyl (C=O) groups excluding carboxylic acids is 1. The van der Waals surface area contributed by atoms with Crippen LogP contribution in [-0.4, -0.2) is 13.1 Å². The average molecular weight is 256 g/mol. The van der Waals surface area contributed by atoms with E-state index in [0.717, 1.165) is 19.3 Å². The van der Waals surface area contributed by atoms with E-state index in [1.54, 1.807) is 0 Å². The van der Waals surface area contributed by atoms with Gasteiger partial charge < -0.3 is 4.74 Å². The van der Waals surface area contributed by atoms with Crippen molar-refractivity contribution in [2.24, 2.45) is 5.41 Å². The Kier molecular flexibility index (Phi) is 10.1. The number of ether oxygens (including phenoxy) is 1. The molecule has 0 saturated carbocycles. The minimum atomic E-state index is -0.267. The molecule has 108 valence electrons. The number of hydrogen-bond donors (Lipinski definition) is 0. The van der Waals surface area contributed by atoms with Crippen molar-refractivity contribution in [3.63, 3.8) is 0 Å². The molecule has 1 atom stereocenters. The Morgan fingerprint density at radius 1 is 0.944 bits per heavy atom. The fourth-order valence-electron chi connectivity index (χ4n) is 2.32. The highest BCUT2D eigenvalue weighted by Crippen LogP contribution is 2.30. The average Bonchev–Trinajstić information content (AvgIpc) is 2.40. The summed E-state index contributed by atoms with van der Waals surface area (Å²) in [5, 5.41) is 0. The van der Waals surface area contributed by atoms with Crippen molar-refractivity contribution in [3.8, 4) is 0 Å². The van der Waals surface area contributed by atoms with Gasteiger partial charge in [-0.15, -0.1) is 0 Å². The number of esters is 1. The van der Waals surface area contributed by atoms with Crippen LogP contribution in [0.2, 0.25) is 0 Å². The van der Waals surface area contributed by atoms with Crippen LogP contribution in [0.3, 0.4) is 0 Å². The quantitative estimate of drug-likeness (QED) is 0.379. The summed E-state index contributed by atoms with van der Waals surface area (Å²) in [6, 6.07) is 0. The molecule has 1 unspecified atom stereocenters. The van der Waals surface area contributed by atoms with Gasteiger partial charge in [0.15, 0.2) is 0 Å². The summed E-state index contributed by atoms with van der Waals surface area (Å²) >= 11 is 0. The summed E-state index contributed by atoms with van der Waals surface area (Å²) in [6.45, 7) is 6.35. The monoisotopic (exact) mass is 256 g/mol. The predicted octanol–water partition coefficient (Wildman–Crippen LogP) is 5.11. The van der Waals surface area contributed by atoms with Crippen molar-refractivity contribution in [1.82, 2.24) is 0 Å². The molecule has 0 spiro atoms. The van der Waals surface area contributed by atoms with Crippen molar-refractivity contribution in [2.45, 2.75) is 85.0 Å². The maximum Gasteiger partial charge on any atom is 0.311 e. The molecule has 0 radical (unpaired) electrons. The highest BCUT2D eigenvalue weighted by Gasteiger charge is 2.31. The first-order valence-corrected chi connectivity index (χ1v) is 7.69. The Bertz CT molecular complexity index is 213. The molecule has 0 bridgehead atoms. The minimum Gasteiger partial charge on any atom is -0.469 e. The molecule has 0 aliphatic heterocycles. The van der Waals surface area contributed by atoms with Gasteiger partial charge in [0, 0.05) is 0 Å². The van der Waals surface area contributed by atoms with Gasteiger partial charge >= 0.3 is 5.97 Å². The number of carbonyl (C=O) groups is 1. The molecule has 0 aromatic heterocycles. The lowest BCUT2D eigenvalue weighted by Gasteiger charge is -2.24. The van der Waals surface area contributed by atoms with Gasteiger partial charge in [-0.2, -0.15) is 0 Å². The third kappa shape index (κ3) is 7.03. The SMILES string of the molecule is CCCCCCCCCCC(C)(CC)C(=O)OC. The summed E-state index contributed by atoms with van der Waals surface area (Å²) in [5.74, 6) is -0.0482. The molecule has 0 aromatic rings. The van der Waals surface area contributed by atoms with E-state index in [2.05, 4.69) is 13.8 Å². The van der Waals surface area contributed by atoms with Gasteiger partial charge in [-0.1, -0.05) is 65.2 Å². The van der Waals surface area contributed by atoms with Crippen molar-refractivity contribution in [2.75, 3.05) is 7.11 Å². The van der Waals surface area contributed by atoms with Crippen molar-refractivity contribution < 1.29 is 9.53 Å². The maximum absolute atomic E-state index is 11.7. The van der Waals surface area contributed by atoms with Crippen LogP contribution >= 0.6 is 0 Å². The van der Waals surface area contributed by atoms with Gasteiger partial charge in [0.2, 0.25) is 0 Å². The Hall–Kier alpha value is -0.530. The highest BCUT2D eigenvalue weighted by molar-refractivity contribution is 5.76. The highest BCUT2D eigenvalue weighted by atomic mass is 16.5. The first-order chi connectivity index (χ1) is 8.60.